The first-order chi connectivity index (χ1) is 12.4. The molecule has 6 nitrogen and oxygen atoms in total. The van der Waals surface area contributed by atoms with Gasteiger partial charge in [-0.2, -0.15) is 0 Å². The van der Waals surface area contributed by atoms with Crippen molar-refractivity contribution in [3.05, 3.63) is 30.1 Å². The first-order valence-electron chi connectivity index (χ1n) is 9.12. The molecule has 26 heavy (non-hydrogen) atoms. The minimum absolute atomic E-state index is 0.0316. The highest BCUT2D eigenvalue weighted by atomic mass is 19.1. The Labute approximate surface area is 155 Å². The Bertz CT molecular complexity index is 621. The average Bonchev–Trinajstić information content (AvgIpc) is 2.63. The SMILES string of the molecule is CCNC(=O)C(C)(C)CNC(=NC)N1CCN(c2ccc(F)cc2)CC1. The Morgan fingerprint density at radius 1 is 1.15 bits per heavy atom. The Balaban J connectivity index is 1.88. The van der Waals surface area contributed by atoms with Gasteiger partial charge in [0.05, 0.1) is 5.41 Å². The Morgan fingerprint density at radius 2 is 1.77 bits per heavy atom. The van der Waals surface area contributed by atoms with E-state index in [-0.39, 0.29) is 11.7 Å². The summed E-state index contributed by atoms with van der Waals surface area (Å²) < 4.78 is 13.1. The number of nitrogens with one attached hydrogen (secondary N) is 2. The van der Waals surface area contributed by atoms with Gasteiger partial charge in [-0.25, -0.2) is 4.39 Å². The van der Waals surface area contributed by atoms with Crippen molar-refractivity contribution >= 4 is 17.6 Å². The van der Waals surface area contributed by atoms with Crippen LogP contribution < -0.4 is 15.5 Å². The standard InChI is InChI=1S/C19H30FN5O/c1-5-22-17(26)19(2,3)14-23-18(21-4)25-12-10-24(11-13-25)16-8-6-15(20)7-9-16/h6-9H,5,10-14H2,1-4H3,(H,21,23)(H,22,26). The first kappa shape index (κ1) is 20.0. The maximum Gasteiger partial charge on any atom is 0.227 e. The molecule has 0 aromatic heterocycles. The van der Waals surface area contributed by atoms with Crippen LogP contribution in [0, 0.1) is 11.2 Å². The second-order valence-electron chi connectivity index (χ2n) is 7.09. The van der Waals surface area contributed by atoms with E-state index < -0.39 is 5.41 Å². The number of halogens is 1. The molecule has 0 spiro atoms. The van der Waals surface area contributed by atoms with Gasteiger partial charge in [-0.05, 0) is 45.0 Å². The molecule has 2 rings (SSSR count). The summed E-state index contributed by atoms with van der Waals surface area (Å²) in [7, 11) is 1.76. The summed E-state index contributed by atoms with van der Waals surface area (Å²) in [4.78, 5) is 20.9. The molecule has 1 aromatic carbocycles. The Morgan fingerprint density at radius 3 is 2.31 bits per heavy atom. The van der Waals surface area contributed by atoms with Crippen LogP contribution >= 0.6 is 0 Å². The zero-order valence-corrected chi connectivity index (χ0v) is 16.2. The number of carbonyl (C=O) groups excluding carboxylic acids is 1. The number of amides is 1. The fourth-order valence-corrected chi connectivity index (χ4v) is 2.94. The smallest absolute Gasteiger partial charge is 0.227 e. The largest absolute Gasteiger partial charge is 0.368 e. The quantitative estimate of drug-likeness (QED) is 0.617. The van der Waals surface area contributed by atoms with Crippen molar-refractivity contribution < 1.29 is 9.18 Å². The van der Waals surface area contributed by atoms with Gasteiger partial charge in [0.25, 0.3) is 0 Å². The molecule has 7 heteroatoms. The highest BCUT2D eigenvalue weighted by Crippen LogP contribution is 2.17. The maximum absolute atomic E-state index is 13.1. The average molecular weight is 363 g/mol. The van der Waals surface area contributed by atoms with Gasteiger partial charge >= 0.3 is 0 Å². The molecule has 144 valence electrons. The summed E-state index contributed by atoms with van der Waals surface area (Å²) in [6, 6.07) is 6.61. The van der Waals surface area contributed by atoms with Crippen molar-refractivity contribution in [1.29, 1.82) is 0 Å². The van der Waals surface area contributed by atoms with E-state index in [1.165, 1.54) is 12.1 Å². The van der Waals surface area contributed by atoms with Crippen LogP contribution in [0.4, 0.5) is 10.1 Å². The van der Waals surface area contributed by atoms with Crippen molar-refractivity contribution in [1.82, 2.24) is 15.5 Å². The van der Waals surface area contributed by atoms with E-state index in [2.05, 4.69) is 25.4 Å². The van der Waals surface area contributed by atoms with Crippen LogP contribution in [0.2, 0.25) is 0 Å². The second-order valence-corrected chi connectivity index (χ2v) is 7.09. The van der Waals surface area contributed by atoms with Crippen molar-refractivity contribution in [2.24, 2.45) is 10.4 Å². The molecule has 0 saturated carbocycles. The summed E-state index contributed by atoms with van der Waals surface area (Å²) in [5, 5.41) is 6.20. The number of carbonyl (C=O) groups is 1. The van der Waals surface area contributed by atoms with Gasteiger partial charge < -0.3 is 20.4 Å². The van der Waals surface area contributed by atoms with Crippen LogP contribution in [0.15, 0.2) is 29.3 Å². The number of hydrogen-bond donors (Lipinski definition) is 2. The zero-order chi connectivity index (χ0) is 19.2. The van der Waals surface area contributed by atoms with Gasteiger partial charge in [-0.1, -0.05) is 0 Å². The van der Waals surface area contributed by atoms with E-state index in [1.807, 2.05) is 32.9 Å². The third-order valence-corrected chi connectivity index (χ3v) is 4.62. The van der Waals surface area contributed by atoms with Gasteiger partial charge in [-0.15, -0.1) is 0 Å². The fraction of sp³-hybridized carbons (Fsp3) is 0.579. The Hall–Kier alpha value is -2.31. The molecule has 1 fully saturated rings. The molecule has 1 aliphatic rings. The number of piperazine rings is 1. The lowest BCUT2D eigenvalue weighted by atomic mass is 9.92. The number of nitrogens with zero attached hydrogens (tertiary/aromatic N) is 3. The van der Waals surface area contributed by atoms with Crippen molar-refractivity contribution in [2.45, 2.75) is 20.8 Å². The molecule has 0 aliphatic carbocycles. The second kappa shape index (κ2) is 8.87. The number of rotatable bonds is 5. The van der Waals surface area contributed by atoms with Crippen LogP contribution in [-0.4, -0.2) is 63.1 Å². The minimum Gasteiger partial charge on any atom is -0.368 e. The van der Waals surface area contributed by atoms with Crippen LogP contribution in [0.25, 0.3) is 0 Å². The molecular weight excluding hydrogens is 333 g/mol. The normalized spacial score (nSPS) is 15.8. The minimum atomic E-state index is -0.512. The lowest BCUT2D eigenvalue weighted by molar-refractivity contribution is -0.128. The first-order valence-corrected chi connectivity index (χ1v) is 9.12. The number of hydrogen-bond acceptors (Lipinski definition) is 3. The maximum atomic E-state index is 13.1. The van der Waals surface area contributed by atoms with Gasteiger partial charge in [0, 0.05) is 52.0 Å². The number of anilines is 1. The fourth-order valence-electron chi connectivity index (χ4n) is 2.94. The lowest BCUT2D eigenvalue weighted by Crippen LogP contribution is -2.54. The van der Waals surface area contributed by atoms with Crippen molar-refractivity contribution in [2.75, 3.05) is 51.2 Å². The van der Waals surface area contributed by atoms with Crippen molar-refractivity contribution in [3.63, 3.8) is 0 Å². The van der Waals surface area contributed by atoms with E-state index in [9.17, 15) is 9.18 Å². The van der Waals surface area contributed by atoms with Gasteiger partial charge in [0.2, 0.25) is 5.91 Å². The highest BCUT2D eigenvalue weighted by molar-refractivity contribution is 5.84. The van der Waals surface area contributed by atoms with E-state index in [0.717, 1.165) is 37.8 Å². The van der Waals surface area contributed by atoms with Gasteiger partial charge in [0.1, 0.15) is 5.82 Å². The van der Waals surface area contributed by atoms with Gasteiger partial charge in [0.15, 0.2) is 5.96 Å². The third-order valence-electron chi connectivity index (χ3n) is 4.62. The van der Waals surface area contributed by atoms with Crippen LogP contribution in [0.1, 0.15) is 20.8 Å². The Kier molecular flexibility index (Phi) is 6.83. The summed E-state index contributed by atoms with van der Waals surface area (Å²) >= 11 is 0. The highest BCUT2D eigenvalue weighted by Gasteiger charge is 2.28. The van der Waals surface area contributed by atoms with E-state index >= 15 is 0 Å². The van der Waals surface area contributed by atoms with Crippen LogP contribution in [-0.2, 0) is 4.79 Å². The van der Waals surface area contributed by atoms with E-state index in [0.29, 0.717) is 13.1 Å². The predicted molar refractivity (Wildman–Crippen MR) is 104 cm³/mol. The molecule has 1 aliphatic heterocycles. The van der Waals surface area contributed by atoms with E-state index in [1.54, 1.807) is 7.05 Å². The van der Waals surface area contributed by atoms with Crippen LogP contribution in [0.5, 0.6) is 0 Å². The van der Waals surface area contributed by atoms with Gasteiger partial charge in [-0.3, -0.25) is 9.79 Å². The summed E-state index contributed by atoms with van der Waals surface area (Å²) in [5.74, 6) is 0.622. The molecule has 1 heterocycles. The molecule has 1 saturated heterocycles. The topological polar surface area (TPSA) is 60.0 Å². The third kappa shape index (κ3) is 5.09. The van der Waals surface area contributed by atoms with E-state index in [4.69, 9.17) is 0 Å². The molecule has 0 bridgehead atoms. The monoisotopic (exact) mass is 363 g/mol. The molecule has 0 radical (unpaired) electrons. The summed E-state index contributed by atoms with van der Waals surface area (Å²) in [6.07, 6.45) is 0. The summed E-state index contributed by atoms with van der Waals surface area (Å²) in [5.41, 5.74) is 0.522. The number of guanidine groups is 1. The molecule has 1 amide bonds. The molecular formula is C19H30FN5O. The predicted octanol–water partition coefficient (Wildman–Crippen LogP) is 1.69. The molecule has 0 unspecified atom stereocenters. The summed E-state index contributed by atoms with van der Waals surface area (Å²) in [6.45, 7) is 10.2. The molecule has 1 aromatic rings. The zero-order valence-electron chi connectivity index (χ0n) is 16.2. The number of aliphatic imine (C=N–C) groups is 1. The lowest BCUT2D eigenvalue weighted by Gasteiger charge is -2.38. The number of benzene rings is 1. The molecule has 2 N–H and O–H groups in total. The molecule has 0 atom stereocenters. The van der Waals surface area contributed by atoms with Crippen LogP contribution in [0.3, 0.4) is 0 Å². The van der Waals surface area contributed by atoms with Crippen molar-refractivity contribution in [3.8, 4) is 0 Å².